The van der Waals surface area contributed by atoms with Crippen LogP contribution in [-0.4, -0.2) is 27.3 Å². The number of hydrogen-bond acceptors (Lipinski definition) is 5. The van der Waals surface area contributed by atoms with Gasteiger partial charge in [0.1, 0.15) is 11.5 Å². The van der Waals surface area contributed by atoms with Gasteiger partial charge in [0.05, 0.1) is 22.3 Å². The molecule has 0 saturated carbocycles. The third kappa shape index (κ3) is 4.05. The van der Waals surface area contributed by atoms with Gasteiger partial charge < -0.3 is 20.1 Å². The number of rotatable bonds is 7. The number of hydrogen-bond donors (Lipinski definition) is 3. The largest absolute Gasteiger partial charge is 0.507 e. The van der Waals surface area contributed by atoms with Crippen LogP contribution in [-0.2, 0) is 36.0 Å². The van der Waals surface area contributed by atoms with E-state index in [1.165, 1.54) is 18.2 Å². The van der Waals surface area contributed by atoms with Crippen molar-refractivity contribution in [3.63, 3.8) is 0 Å². The zero-order valence-electron chi connectivity index (χ0n) is 21.0. The number of aromatic carboxylic acids is 1. The average Bonchev–Trinajstić information content (AvgIpc) is 3.14. The number of halogens is 2. The number of benzene rings is 3. The predicted octanol–water partition coefficient (Wildman–Crippen LogP) is 7.03. The number of esters is 1. The molecular formula is C29H28Br2O6. The lowest BCUT2D eigenvalue weighted by atomic mass is 9.72. The molecule has 0 spiro atoms. The summed E-state index contributed by atoms with van der Waals surface area (Å²) in [6, 6.07) is 7.36. The number of cyclic esters (lactones) is 1. The molecule has 0 aliphatic carbocycles. The highest BCUT2D eigenvalue weighted by molar-refractivity contribution is 9.10. The summed E-state index contributed by atoms with van der Waals surface area (Å²) in [6.45, 7) is 7.88. The smallest absolute Gasteiger partial charge is 0.340 e. The van der Waals surface area contributed by atoms with Crippen molar-refractivity contribution in [1.29, 1.82) is 0 Å². The van der Waals surface area contributed by atoms with Gasteiger partial charge in [-0.25, -0.2) is 9.59 Å². The topological polar surface area (TPSA) is 104 Å². The first-order valence-corrected chi connectivity index (χ1v) is 13.8. The van der Waals surface area contributed by atoms with Gasteiger partial charge in [0.25, 0.3) is 0 Å². The molecule has 1 aliphatic rings. The van der Waals surface area contributed by atoms with Crippen LogP contribution in [0.25, 0.3) is 0 Å². The second kappa shape index (κ2) is 10.1. The van der Waals surface area contributed by atoms with Gasteiger partial charge in [-0.05, 0) is 78.3 Å². The number of carbonyl (C=O) groups is 2. The van der Waals surface area contributed by atoms with E-state index in [-0.39, 0.29) is 28.2 Å². The monoisotopic (exact) mass is 630 g/mol. The summed E-state index contributed by atoms with van der Waals surface area (Å²) in [5, 5.41) is 32.8. The van der Waals surface area contributed by atoms with Crippen molar-refractivity contribution in [2.75, 3.05) is 0 Å². The van der Waals surface area contributed by atoms with Crippen molar-refractivity contribution in [3.8, 4) is 11.5 Å². The van der Waals surface area contributed by atoms with Gasteiger partial charge in [-0.2, -0.15) is 0 Å². The number of aromatic hydroxyl groups is 2. The van der Waals surface area contributed by atoms with E-state index >= 15 is 0 Å². The minimum atomic E-state index is -1.77. The van der Waals surface area contributed by atoms with Crippen molar-refractivity contribution in [1.82, 2.24) is 0 Å². The lowest BCUT2D eigenvalue weighted by molar-refractivity contribution is 0.0234. The van der Waals surface area contributed by atoms with Crippen molar-refractivity contribution >= 4 is 43.8 Å². The predicted molar refractivity (Wildman–Crippen MR) is 148 cm³/mol. The Balaban J connectivity index is 2.32. The molecule has 3 aromatic rings. The molecule has 8 heteroatoms. The lowest BCUT2D eigenvalue weighted by Crippen LogP contribution is -2.33. The summed E-state index contributed by atoms with van der Waals surface area (Å²) in [6.07, 6.45) is 2.27. The Hall–Kier alpha value is -2.84. The molecule has 0 amide bonds. The minimum absolute atomic E-state index is 0.0304. The molecule has 6 nitrogen and oxygen atoms in total. The second-order valence-corrected chi connectivity index (χ2v) is 10.7. The summed E-state index contributed by atoms with van der Waals surface area (Å²) in [5.41, 5.74) is 2.72. The molecule has 194 valence electrons. The maximum Gasteiger partial charge on any atom is 0.340 e. The van der Waals surface area contributed by atoms with Crippen LogP contribution in [0.4, 0.5) is 0 Å². The Morgan fingerprint density at radius 3 is 1.68 bits per heavy atom. The summed E-state index contributed by atoms with van der Waals surface area (Å²) >= 11 is 7.13. The van der Waals surface area contributed by atoms with E-state index in [1.807, 2.05) is 27.7 Å². The first-order chi connectivity index (χ1) is 17.6. The highest BCUT2D eigenvalue weighted by Gasteiger charge is 2.54. The number of carboxylic acid groups (broad SMARTS) is 1. The quantitative estimate of drug-likeness (QED) is 0.242. The zero-order chi connectivity index (χ0) is 27.2. The Morgan fingerprint density at radius 2 is 1.27 bits per heavy atom. The van der Waals surface area contributed by atoms with Crippen molar-refractivity contribution < 1.29 is 29.6 Å². The number of fused-ring (bicyclic) bond motifs is 1. The minimum Gasteiger partial charge on any atom is -0.507 e. The Morgan fingerprint density at radius 1 is 0.811 bits per heavy atom. The number of carbonyl (C=O) groups excluding carboxylic acids is 1. The van der Waals surface area contributed by atoms with Crippen molar-refractivity contribution in [2.24, 2.45) is 0 Å². The normalized spacial score (nSPS) is 13.9. The molecule has 0 bridgehead atoms. The van der Waals surface area contributed by atoms with E-state index in [9.17, 15) is 24.9 Å². The van der Waals surface area contributed by atoms with E-state index in [1.54, 1.807) is 12.1 Å². The fraction of sp³-hybridized carbons (Fsp3) is 0.310. The highest BCUT2D eigenvalue weighted by atomic mass is 79.9. The molecule has 0 aromatic heterocycles. The molecule has 3 N–H and O–H groups in total. The third-order valence-corrected chi connectivity index (χ3v) is 8.59. The van der Waals surface area contributed by atoms with Crippen LogP contribution in [0.3, 0.4) is 0 Å². The van der Waals surface area contributed by atoms with Crippen LogP contribution in [0.5, 0.6) is 11.5 Å². The van der Waals surface area contributed by atoms with Crippen LogP contribution in [0, 0.1) is 0 Å². The Bertz CT molecular complexity index is 1380. The number of ether oxygens (including phenoxy) is 1. The highest BCUT2D eigenvalue weighted by Crippen LogP contribution is 2.56. The van der Waals surface area contributed by atoms with Crippen LogP contribution in [0.15, 0.2) is 39.3 Å². The van der Waals surface area contributed by atoms with Crippen LogP contribution >= 0.6 is 31.9 Å². The van der Waals surface area contributed by atoms with E-state index in [2.05, 4.69) is 31.9 Å². The van der Waals surface area contributed by atoms with Gasteiger partial charge in [-0.15, -0.1) is 0 Å². The fourth-order valence-electron chi connectivity index (χ4n) is 5.68. The second-order valence-electron chi connectivity index (χ2n) is 8.97. The first kappa shape index (κ1) is 27.2. The van der Waals surface area contributed by atoms with E-state index in [0.717, 1.165) is 31.2 Å². The van der Waals surface area contributed by atoms with Gasteiger partial charge in [0, 0.05) is 14.5 Å². The molecule has 4 rings (SSSR count). The number of carboxylic acids is 1. The van der Waals surface area contributed by atoms with Crippen molar-refractivity contribution in [2.45, 2.75) is 59.0 Å². The van der Waals surface area contributed by atoms with E-state index < -0.39 is 17.5 Å². The third-order valence-electron chi connectivity index (χ3n) is 7.18. The molecule has 0 radical (unpaired) electrons. The maximum absolute atomic E-state index is 13.4. The molecule has 0 atom stereocenters. The molecule has 0 saturated heterocycles. The lowest BCUT2D eigenvalue weighted by Gasteiger charge is -2.36. The molecule has 0 unspecified atom stereocenters. The summed E-state index contributed by atoms with van der Waals surface area (Å²) in [7, 11) is 0. The first-order valence-electron chi connectivity index (χ1n) is 12.3. The molecule has 3 aromatic carbocycles. The Kier molecular flexibility index (Phi) is 7.45. The summed E-state index contributed by atoms with van der Waals surface area (Å²) in [4.78, 5) is 25.4. The van der Waals surface area contributed by atoms with Crippen LogP contribution in [0.2, 0.25) is 0 Å². The van der Waals surface area contributed by atoms with Crippen LogP contribution in [0.1, 0.15) is 87.4 Å². The van der Waals surface area contributed by atoms with E-state index in [4.69, 9.17) is 4.74 Å². The molecule has 1 heterocycles. The average molecular weight is 632 g/mol. The summed E-state index contributed by atoms with van der Waals surface area (Å²) < 4.78 is 7.71. The fourth-order valence-corrected chi connectivity index (χ4v) is 7.15. The number of phenolic OH excluding ortho intramolecular Hbond substituents is 2. The van der Waals surface area contributed by atoms with Crippen molar-refractivity contribution in [3.05, 3.63) is 89.3 Å². The SMILES string of the molecule is CCc1c(Br)cc(O)c(C2(c3c(O)cc(Br)c(CC)c3CC)OC(=O)c3ccc(C(=O)O)cc32)c1CC. The molecule has 37 heavy (non-hydrogen) atoms. The summed E-state index contributed by atoms with van der Waals surface area (Å²) in [5.74, 6) is -2.06. The number of phenols is 2. The Labute approximate surface area is 232 Å². The standard InChI is InChI=1S/C29H28Br2O6/c1-5-15-17(7-3)25(23(32)12-21(15)30)29(26-18(8-4)16(6-2)22(31)13-24(26)33)20-11-14(27(34)35)9-10-19(20)28(36)37-29/h9-13,32-33H,5-8H2,1-4H3,(H,34,35). The molecule has 0 fully saturated rings. The van der Waals surface area contributed by atoms with Crippen LogP contribution < -0.4 is 0 Å². The maximum atomic E-state index is 13.4. The van der Waals surface area contributed by atoms with Gasteiger partial charge in [-0.1, -0.05) is 59.6 Å². The zero-order valence-corrected chi connectivity index (χ0v) is 24.2. The van der Waals surface area contributed by atoms with E-state index in [0.29, 0.717) is 36.8 Å². The van der Waals surface area contributed by atoms with Gasteiger partial charge in [0.15, 0.2) is 5.60 Å². The molecular weight excluding hydrogens is 604 g/mol. The molecule has 1 aliphatic heterocycles. The van der Waals surface area contributed by atoms with Gasteiger partial charge >= 0.3 is 11.9 Å². The van der Waals surface area contributed by atoms with Gasteiger partial charge in [-0.3, -0.25) is 0 Å². The van der Waals surface area contributed by atoms with Gasteiger partial charge in [0.2, 0.25) is 0 Å².